The van der Waals surface area contributed by atoms with Gasteiger partial charge < -0.3 is 0 Å². The van der Waals surface area contributed by atoms with Gasteiger partial charge in [0.25, 0.3) is 0 Å². The Bertz CT molecular complexity index is 874. The highest BCUT2D eigenvalue weighted by molar-refractivity contribution is 5.96. The maximum absolute atomic E-state index is 13.5. The van der Waals surface area contributed by atoms with E-state index in [0.717, 1.165) is 44.2 Å². The zero-order valence-corrected chi connectivity index (χ0v) is 15.3. The summed E-state index contributed by atoms with van der Waals surface area (Å²) >= 11 is 0. The van der Waals surface area contributed by atoms with Crippen molar-refractivity contribution >= 4 is 5.78 Å². The van der Waals surface area contributed by atoms with Crippen molar-refractivity contribution in [1.82, 2.24) is 15.0 Å². The largest absolute Gasteiger partial charge is 0.294 e. The highest BCUT2D eigenvalue weighted by Crippen LogP contribution is 2.43. The normalized spacial score (nSPS) is 20.0. The molecule has 27 heavy (non-hydrogen) atoms. The Morgan fingerprint density at radius 2 is 2.11 bits per heavy atom. The van der Waals surface area contributed by atoms with E-state index in [4.69, 9.17) is 0 Å². The van der Waals surface area contributed by atoms with E-state index in [1.807, 2.05) is 6.20 Å². The van der Waals surface area contributed by atoms with Crippen molar-refractivity contribution in [3.63, 3.8) is 0 Å². The molecule has 1 aromatic heterocycles. The number of hydrogen-bond acceptors (Lipinski definition) is 4. The zero-order chi connectivity index (χ0) is 18.9. The Kier molecular flexibility index (Phi) is 4.77. The van der Waals surface area contributed by atoms with Crippen molar-refractivity contribution in [2.75, 3.05) is 0 Å². The van der Waals surface area contributed by atoms with Crippen molar-refractivity contribution in [3.05, 3.63) is 47.5 Å². The molecule has 2 aliphatic rings. The molecule has 2 aromatic rings. The van der Waals surface area contributed by atoms with Gasteiger partial charge in [0.15, 0.2) is 11.3 Å². The van der Waals surface area contributed by atoms with Gasteiger partial charge in [-0.15, -0.1) is 5.10 Å². The number of carbonyl (C=O) groups is 1. The van der Waals surface area contributed by atoms with Crippen LogP contribution in [0.25, 0.3) is 0 Å². The summed E-state index contributed by atoms with van der Waals surface area (Å²) in [7, 11) is 0. The highest BCUT2D eigenvalue weighted by atomic mass is 19.1. The smallest absolute Gasteiger partial charge is 0.163 e. The van der Waals surface area contributed by atoms with Crippen LogP contribution < -0.4 is 0 Å². The Morgan fingerprint density at radius 3 is 2.78 bits per heavy atom. The maximum Gasteiger partial charge on any atom is 0.163 e. The Labute approximate surface area is 158 Å². The van der Waals surface area contributed by atoms with E-state index in [9.17, 15) is 14.4 Å². The third kappa shape index (κ3) is 3.64. The number of Topliss-reactive ketones (excluding diaryl/α,β-unsaturated/α-hetero) is 1. The summed E-state index contributed by atoms with van der Waals surface area (Å²) in [5, 5.41) is 17.9. The second-order valence-corrected chi connectivity index (χ2v) is 7.87. The van der Waals surface area contributed by atoms with Crippen molar-refractivity contribution in [2.45, 2.75) is 62.8 Å². The van der Waals surface area contributed by atoms with Crippen LogP contribution >= 0.6 is 0 Å². The highest BCUT2D eigenvalue weighted by Gasteiger charge is 2.47. The quantitative estimate of drug-likeness (QED) is 0.712. The van der Waals surface area contributed by atoms with Crippen molar-refractivity contribution in [2.24, 2.45) is 5.92 Å². The summed E-state index contributed by atoms with van der Waals surface area (Å²) in [5.41, 5.74) is 0.640. The monoisotopic (exact) mass is 366 g/mol. The van der Waals surface area contributed by atoms with Crippen LogP contribution in [0.5, 0.6) is 0 Å². The standard InChI is InChI=1S/C21H23FN4O/c22-17-8-4-7-16(11-17)20(27)12-18(15-5-2-1-3-6-15)19-13-26(25-24-19)21(14-23)9-10-21/h4,7-8,11,13,15,18H,1-3,5-6,9-10,12H2/t18-/m0/s1. The molecule has 0 N–H and O–H groups in total. The Balaban J connectivity index is 1.59. The molecule has 4 rings (SSSR count). The molecule has 2 aliphatic carbocycles. The van der Waals surface area contributed by atoms with Crippen molar-refractivity contribution < 1.29 is 9.18 Å². The van der Waals surface area contributed by atoms with Crippen LogP contribution in [0.2, 0.25) is 0 Å². The second kappa shape index (κ2) is 7.22. The molecule has 5 nitrogen and oxygen atoms in total. The number of carbonyl (C=O) groups excluding carboxylic acids is 1. The van der Waals surface area contributed by atoms with Crippen molar-refractivity contribution in [1.29, 1.82) is 5.26 Å². The molecule has 0 saturated heterocycles. The van der Waals surface area contributed by atoms with Gasteiger partial charge in [-0.1, -0.05) is 36.6 Å². The Hall–Kier alpha value is -2.55. The van der Waals surface area contributed by atoms with Crippen LogP contribution in [-0.4, -0.2) is 20.8 Å². The summed E-state index contributed by atoms with van der Waals surface area (Å²) in [6.45, 7) is 0. The van der Waals surface area contributed by atoms with Crippen molar-refractivity contribution in [3.8, 4) is 6.07 Å². The van der Waals surface area contributed by atoms with Gasteiger partial charge in [-0.05, 0) is 43.7 Å². The average molecular weight is 366 g/mol. The molecule has 6 heteroatoms. The fourth-order valence-corrected chi connectivity index (χ4v) is 4.20. The van der Waals surface area contributed by atoms with Gasteiger partial charge in [0.2, 0.25) is 0 Å². The van der Waals surface area contributed by atoms with Crippen LogP contribution in [0.3, 0.4) is 0 Å². The van der Waals surface area contributed by atoms with E-state index in [-0.39, 0.29) is 11.7 Å². The lowest BCUT2D eigenvalue weighted by atomic mass is 9.76. The van der Waals surface area contributed by atoms with Crippen LogP contribution in [-0.2, 0) is 5.54 Å². The predicted molar refractivity (Wildman–Crippen MR) is 97.5 cm³/mol. The number of ketones is 1. The molecule has 2 saturated carbocycles. The second-order valence-electron chi connectivity index (χ2n) is 7.87. The summed E-state index contributed by atoms with van der Waals surface area (Å²) in [6, 6.07) is 8.20. The molecule has 1 heterocycles. The summed E-state index contributed by atoms with van der Waals surface area (Å²) < 4.78 is 15.2. The zero-order valence-electron chi connectivity index (χ0n) is 15.3. The first-order valence-corrected chi connectivity index (χ1v) is 9.74. The first kappa shape index (κ1) is 17.8. The van der Waals surface area contributed by atoms with Gasteiger partial charge in [-0.25, -0.2) is 9.07 Å². The van der Waals surface area contributed by atoms with E-state index < -0.39 is 11.4 Å². The van der Waals surface area contributed by atoms with Gasteiger partial charge >= 0.3 is 0 Å². The van der Waals surface area contributed by atoms with Gasteiger partial charge in [0, 0.05) is 17.9 Å². The fourth-order valence-electron chi connectivity index (χ4n) is 4.20. The topological polar surface area (TPSA) is 71.6 Å². The molecule has 2 fully saturated rings. The Morgan fingerprint density at radius 1 is 1.33 bits per heavy atom. The lowest BCUT2D eigenvalue weighted by molar-refractivity contribution is 0.0956. The molecule has 0 bridgehead atoms. The molecule has 0 spiro atoms. The summed E-state index contributed by atoms with van der Waals surface area (Å²) in [6.07, 6.45) is 9.42. The first-order valence-electron chi connectivity index (χ1n) is 9.74. The van der Waals surface area contributed by atoms with E-state index in [1.165, 1.54) is 18.6 Å². The number of benzene rings is 1. The minimum atomic E-state index is -0.547. The van der Waals surface area contributed by atoms with E-state index in [0.29, 0.717) is 17.9 Å². The molecule has 1 aromatic carbocycles. The number of nitrogens with zero attached hydrogens (tertiary/aromatic N) is 4. The van der Waals surface area contributed by atoms with Gasteiger partial charge in [0.05, 0.1) is 18.0 Å². The van der Waals surface area contributed by atoms with Gasteiger partial charge in [-0.2, -0.15) is 5.26 Å². The number of aromatic nitrogens is 3. The number of hydrogen-bond donors (Lipinski definition) is 0. The number of nitriles is 1. The van der Waals surface area contributed by atoms with Crippen LogP contribution in [0, 0.1) is 23.1 Å². The van der Waals surface area contributed by atoms with Gasteiger partial charge in [-0.3, -0.25) is 4.79 Å². The van der Waals surface area contributed by atoms with Crippen LogP contribution in [0.4, 0.5) is 4.39 Å². The lowest BCUT2D eigenvalue weighted by Crippen LogP contribution is -2.20. The van der Waals surface area contributed by atoms with E-state index in [2.05, 4.69) is 16.4 Å². The summed E-state index contributed by atoms with van der Waals surface area (Å²) in [5.74, 6) is -0.130. The fraction of sp³-hybridized carbons (Fsp3) is 0.524. The average Bonchev–Trinajstić information content (AvgIpc) is 3.35. The minimum Gasteiger partial charge on any atom is -0.294 e. The minimum absolute atomic E-state index is 0.0377. The molecule has 0 amide bonds. The van der Waals surface area contributed by atoms with E-state index in [1.54, 1.807) is 16.8 Å². The number of rotatable bonds is 6. The SMILES string of the molecule is N#CC1(n2cc([C@@H](CC(=O)c3cccc(F)c3)C3CCCCC3)nn2)CC1. The first-order chi connectivity index (χ1) is 13.1. The molecule has 0 aliphatic heterocycles. The molecule has 0 unspecified atom stereocenters. The van der Waals surface area contributed by atoms with Crippen LogP contribution in [0.1, 0.15) is 73.3 Å². The number of halogens is 1. The maximum atomic E-state index is 13.5. The molecule has 0 radical (unpaired) electrons. The molecular formula is C21H23FN4O. The lowest BCUT2D eigenvalue weighted by Gasteiger charge is -2.28. The van der Waals surface area contributed by atoms with Gasteiger partial charge in [0.1, 0.15) is 5.82 Å². The third-order valence-electron chi connectivity index (χ3n) is 6.03. The predicted octanol–water partition coefficient (Wildman–Crippen LogP) is 4.37. The van der Waals surface area contributed by atoms with Crippen LogP contribution in [0.15, 0.2) is 30.5 Å². The third-order valence-corrected chi connectivity index (χ3v) is 6.03. The molecule has 140 valence electrons. The van der Waals surface area contributed by atoms with E-state index >= 15 is 0 Å². The molecular weight excluding hydrogens is 343 g/mol. The molecule has 1 atom stereocenters. The summed E-state index contributed by atoms with van der Waals surface area (Å²) in [4.78, 5) is 12.8.